The standard InChI is InChI=1S/C15H10ClN4OS.3C4H9.Sn/c1-20(14(21)10-5-3-2-4-6-10)15-19-12(8-22-15)11-7-13(16)18-9-17-11;3*1-3-4-2;/h3-9H,1H3;3*1,3-4H2,2H3;. The van der Waals surface area contributed by atoms with Gasteiger partial charge in [-0.2, -0.15) is 0 Å². The van der Waals surface area contributed by atoms with Gasteiger partial charge in [-0.1, -0.05) is 11.6 Å². The van der Waals surface area contributed by atoms with Gasteiger partial charge in [0.1, 0.15) is 0 Å². The Bertz CT molecular complexity index is 1070. The molecule has 0 saturated heterocycles. The number of amides is 1. The molecule has 5 nitrogen and oxygen atoms in total. The quantitative estimate of drug-likeness (QED) is 0.146. The second-order valence-corrected chi connectivity index (χ2v) is 23.7. The Hall–Kier alpha value is -1.51. The van der Waals surface area contributed by atoms with E-state index >= 15 is 0 Å². The summed E-state index contributed by atoms with van der Waals surface area (Å²) in [6.45, 7) is 6.91. The molecule has 8 heteroatoms. The predicted octanol–water partition coefficient (Wildman–Crippen LogP) is 7.59. The van der Waals surface area contributed by atoms with Crippen LogP contribution in [0.4, 0.5) is 5.13 Å². The number of benzene rings is 1. The van der Waals surface area contributed by atoms with Crippen molar-refractivity contribution in [3.05, 3.63) is 52.8 Å². The normalized spacial score (nSPS) is 11.6. The van der Waals surface area contributed by atoms with Gasteiger partial charge < -0.3 is 0 Å². The molecule has 188 valence electrons. The Morgan fingerprint density at radius 3 is 2.09 bits per heavy atom. The molecule has 0 atom stereocenters. The number of halogens is 1. The molecule has 0 aliphatic heterocycles. The van der Waals surface area contributed by atoms with E-state index in [0.29, 0.717) is 27.2 Å². The zero-order valence-electron chi connectivity index (χ0n) is 21.4. The number of unbranched alkanes of at least 4 members (excludes halogenated alkanes) is 3. The van der Waals surface area contributed by atoms with Gasteiger partial charge in [-0.25, -0.2) is 4.98 Å². The zero-order chi connectivity index (χ0) is 25.3. The molecule has 0 saturated carbocycles. The van der Waals surface area contributed by atoms with E-state index < -0.39 is 18.4 Å². The van der Waals surface area contributed by atoms with Crippen molar-refractivity contribution in [1.82, 2.24) is 15.0 Å². The predicted molar refractivity (Wildman–Crippen MR) is 152 cm³/mol. The number of rotatable bonds is 13. The molecule has 0 radical (unpaired) electrons. The van der Waals surface area contributed by atoms with Gasteiger partial charge in [0.15, 0.2) is 0 Å². The Morgan fingerprint density at radius 2 is 1.54 bits per heavy atom. The molecule has 35 heavy (non-hydrogen) atoms. The Labute approximate surface area is 223 Å². The van der Waals surface area contributed by atoms with Crippen LogP contribution in [0.5, 0.6) is 0 Å². The molecular weight excluding hydrogens is 583 g/mol. The van der Waals surface area contributed by atoms with Crippen LogP contribution < -0.4 is 8.48 Å². The summed E-state index contributed by atoms with van der Waals surface area (Å²) in [5, 5.41) is 2.89. The van der Waals surface area contributed by atoms with Gasteiger partial charge in [0.2, 0.25) is 0 Å². The van der Waals surface area contributed by atoms with Gasteiger partial charge in [0.25, 0.3) is 0 Å². The van der Waals surface area contributed by atoms with Crippen molar-refractivity contribution in [2.45, 2.75) is 72.6 Å². The monoisotopic (exact) mass is 620 g/mol. The Morgan fingerprint density at radius 1 is 0.943 bits per heavy atom. The first-order valence-corrected chi connectivity index (χ1v) is 21.5. The number of hydrogen-bond donors (Lipinski definition) is 0. The summed E-state index contributed by atoms with van der Waals surface area (Å²) in [5.74, 6) is -0.0466. The molecule has 0 aliphatic carbocycles. The van der Waals surface area contributed by atoms with Crippen LogP contribution in [0.25, 0.3) is 11.4 Å². The third-order valence-electron chi connectivity index (χ3n) is 6.75. The molecule has 0 fully saturated rings. The first-order chi connectivity index (χ1) is 16.9. The fourth-order valence-corrected chi connectivity index (χ4v) is 21.5. The Balaban J connectivity index is 1.81. The van der Waals surface area contributed by atoms with Gasteiger partial charge in [0, 0.05) is 0 Å². The van der Waals surface area contributed by atoms with E-state index in [1.54, 1.807) is 21.6 Å². The first kappa shape index (κ1) is 28.1. The second kappa shape index (κ2) is 13.7. The van der Waals surface area contributed by atoms with E-state index in [0.717, 1.165) is 0 Å². The summed E-state index contributed by atoms with van der Waals surface area (Å²) in [4.78, 5) is 27.7. The maximum absolute atomic E-state index is 13.3. The van der Waals surface area contributed by atoms with Crippen LogP contribution in [0, 0.1) is 0 Å². The van der Waals surface area contributed by atoms with Crippen LogP contribution in [0.2, 0.25) is 18.5 Å². The summed E-state index contributed by atoms with van der Waals surface area (Å²) >= 11 is 4.91. The summed E-state index contributed by atoms with van der Waals surface area (Å²) in [5.41, 5.74) is 2.04. The van der Waals surface area contributed by atoms with Gasteiger partial charge >= 0.3 is 208 Å². The fourth-order valence-electron chi connectivity index (χ4n) is 4.61. The Kier molecular flexibility index (Phi) is 11.0. The molecule has 2 heterocycles. The van der Waals surface area contributed by atoms with Crippen molar-refractivity contribution in [1.29, 1.82) is 0 Å². The number of carbonyl (C=O) groups is 1. The van der Waals surface area contributed by atoms with E-state index in [-0.39, 0.29) is 5.91 Å². The van der Waals surface area contributed by atoms with Crippen LogP contribution in [0.1, 0.15) is 69.7 Å². The first-order valence-electron chi connectivity index (χ1n) is 12.8. The summed E-state index contributed by atoms with van der Waals surface area (Å²) in [7, 11) is 1.78. The van der Waals surface area contributed by atoms with Crippen molar-refractivity contribution in [2.75, 3.05) is 11.9 Å². The molecule has 1 amide bonds. The number of anilines is 1. The van der Waals surface area contributed by atoms with Crippen LogP contribution in [0.15, 0.2) is 42.0 Å². The minimum absolute atomic E-state index is 0.0466. The van der Waals surface area contributed by atoms with Crippen molar-refractivity contribution in [3.63, 3.8) is 0 Å². The van der Waals surface area contributed by atoms with Gasteiger partial charge in [0.05, 0.1) is 0 Å². The van der Waals surface area contributed by atoms with Gasteiger partial charge in [-0.15, -0.1) is 0 Å². The van der Waals surface area contributed by atoms with Crippen LogP contribution >= 0.6 is 22.9 Å². The van der Waals surface area contributed by atoms with E-state index in [4.69, 9.17) is 11.6 Å². The van der Waals surface area contributed by atoms with Crippen LogP contribution in [-0.4, -0.2) is 46.3 Å². The van der Waals surface area contributed by atoms with Gasteiger partial charge in [-0.05, 0) is 0 Å². The van der Waals surface area contributed by atoms with Crippen molar-refractivity contribution in [2.24, 2.45) is 0 Å². The molecule has 0 N–H and O–H groups in total. The van der Waals surface area contributed by atoms with E-state index in [1.807, 2.05) is 17.5 Å². The summed E-state index contributed by atoms with van der Waals surface area (Å²) in [6, 6.07) is 10.3. The number of thiazole rings is 1. The molecule has 0 spiro atoms. The molecule has 0 unspecified atom stereocenters. The minimum atomic E-state index is -2.50. The third kappa shape index (κ3) is 7.26. The molecule has 0 bridgehead atoms. The number of aromatic nitrogens is 3. The average Bonchev–Trinajstić information content (AvgIpc) is 3.38. The van der Waals surface area contributed by atoms with Crippen LogP contribution in [-0.2, 0) is 0 Å². The van der Waals surface area contributed by atoms with Crippen molar-refractivity contribution < 1.29 is 4.79 Å². The molecule has 3 aromatic rings. The number of carbonyl (C=O) groups excluding carboxylic acids is 1. The van der Waals surface area contributed by atoms with Crippen molar-refractivity contribution in [3.8, 4) is 11.4 Å². The third-order valence-corrected chi connectivity index (χ3v) is 23.5. The zero-order valence-corrected chi connectivity index (χ0v) is 25.8. The molecule has 3 rings (SSSR count). The topological polar surface area (TPSA) is 59.0 Å². The maximum atomic E-state index is 13.3. The van der Waals surface area contributed by atoms with Gasteiger partial charge in [-0.3, -0.25) is 0 Å². The summed E-state index contributed by atoms with van der Waals surface area (Å²) < 4.78 is 5.86. The SMILES string of the molecule is CCC[CH2][Sn]([CH2]CCC)([CH2]CCC)[c]1ccc(C(=O)N(C)c2nc(-c3cc(Cl)ncn3)cs2)cc1. The van der Waals surface area contributed by atoms with Crippen molar-refractivity contribution >= 4 is 55.9 Å². The van der Waals surface area contributed by atoms with E-state index in [1.165, 1.54) is 69.5 Å². The number of hydrogen-bond acceptors (Lipinski definition) is 5. The molecule has 2 aromatic heterocycles. The molecule has 0 aliphatic rings. The van der Waals surface area contributed by atoms with Crippen LogP contribution in [0.3, 0.4) is 0 Å². The molecule has 1 aromatic carbocycles. The number of nitrogens with zero attached hydrogens (tertiary/aromatic N) is 4. The molecular formula is C27H37ClN4OSSn. The summed E-state index contributed by atoms with van der Waals surface area (Å²) in [6.07, 6.45) is 9.18. The fraction of sp³-hybridized carbons (Fsp3) is 0.481. The average molecular weight is 620 g/mol. The van der Waals surface area contributed by atoms with E-state index in [2.05, 4.69) is 47.9 Å². The van der Waals surface area contributed by atoms with E-state index in [9.17, 15) is 4.79 Å². The second-order valence-electron chi connectivity index (χ2n) is 9.27.